The molecule has 0 aliphatic rings. The number of halogens is 1. The molecular weight excluding hydrogens is 429 g/mol. The van der Waals surface area contributed by atoms with Gasteiger partial charge in [0.15, 0.2) is 5.13 Å². The fraction of sp³-hybridized carbons (Fsp3) is 0.500. The predicted molar refractivity (Wildman–Crippen MR) is 148 cm³/mol. The molecule has 1 aromatic carbocycles. The molecule has 0 fully saturated rings. The van der Waals surface area contributed by atoms with Crippen LogP contribution in [0.5, 0.6) is 0 Å². The molecule has 0 radical (unpaired) electrons. The van der Waals surface area contributed by atoms with Gasteiger partial charge in [-0.2, -0.15) is 0 Å². The number of unbranched alkanes of at least 4 members (excludes halogenated alkanes) is 1. The number of hydrogen-bond donors (Lipinski definition) is 0. The van der Waals surface area contributed by atoms with E-state index in [9.17, 15) is 4.39 Å². The van der Waals surface area contributed by atoms with Gasteiger partial charge in [0.05, 0.1) is 16.3 Å². The molecule has 33 heavy (non-hydrogen) atoms. The molecule has 0 atom stereocenters. The van der Waals surface area contributed by atoms with E-state index in [4.69, 9.17) is 4.98 Å². The third-order valence-corrected chi connectivity index (χ3v) is 5.50. The van der Waals surface area contributed by atoms with Crippen LogP contribution in [0.1, 0.15) is 86.0 Å². The van der Waals surface area contributed by atoms with Gasteiger partial charge in [-0.25, -0.2) is 9.37 Å². The lowest BCUT2D eigenvalue weighted by molar-refractivity contribution is 0.628. The summed E-state index contributed by atoms with van der Waals surface area (Å²) >= 11 is 1.63. The molecule has 0 saturated carbocycles. The van der Waals surface area contributed by atoms with Crippen LogP contribution in [0, 0.1) is 5.82 Å². The molecule has 0 bridgehead atoms. The van der Waals surface area contributed by atoms with Crippen LogP contribution in [0.2, 0.25) is 0 Å². The molecule has 184 valence electrons. The third kappa shape index (κ3) is 10.9. The number of anilines is 1. The van der Waals surface area contributed by atoms with Crippen molar-refractivity contribution in [3.8, 4) is 11.3 Å². The highest BCUT2D eigenvalue weighted by Crippen LogP contribution is 2.34. The van der Waals surface area contributed by atoms with Gasteiger partial charge >= 0.3 is 0 Å². The number of allylic oxidation sites excluding steroid dienone is 3. The van der Waals surface area contributed by atoms with Gasteiger partial charge in [-0.1, -0.05) is 78.4 Å². The third-order valence-electron chi connectivity index (χ3n) is 4.36. The van der Waals surface area contributed by atoms with Crippen molar-refractivity contribution in [2.75, 3.05) is 18.0 Å². The maximum absolute atomic E-state index is 13.4. The molecule has 5 heteroatoms. The summed E-state index contributed by atoms with van der Waals surface area (Å²) in [5.41, 5.74) is 3.30. The fourth-order valence-corrected chi connectivity index (χ4v) is 3.90. The van der Waals surface area contributed by atoms with Gasteiger partial charge in [-0.05, 0) is 57.0 Å². The van der Waals surface area contributed by atoms with Crippen LogP contribution >= 0.6 is 11.3 Å². The Balaban J connectivity index is 0.00000154. The maximum Gasteiger partial charge on any atom is 0.186 e. The molecule has 0 N–H and O–H groups in total. The highest BCUT2D eigenvalue weighted by atomic mass is 32.1. The van der Waals surface area contributed by atoms with Gasteiger partial charge < -0.3 is 4.90 Å². The first-order valence-corrected chi connectivity index (χ1v) is 13.1. The lowest BCUT2D eigenvalue weighted by Gasteiger charge is -2.19. The topological polar surface area (TPSA) is 28.5 Å². The number of thiazole rings is 1. The lowest BCUT2D eigenvalue weighted by Crippen LogP contribution is -2.24. The van der Waals surface area contributed by atoms with Crippen molar-refractivity contribution in [1.82, 2.24) is 4.98 Å². The van der Waals surface area contributed by atoms with Crippen molar-refractivity contribution in [3.63, 3.8) is 0 Å². The van der Waals surface area contributed by atoms with E-state index in [-0.39, 0.29) is 5.82 Å². The zero-order chi connectivity index (χ0) is 25.2. The van der Waals surface area contributed by atoms with Gasteiger partial charge in [0.2, 0.25) is 0 Å². The average molecular weight is 474 g/mol. The second-order valence-corrected chi connectivity index (χ2v) is 8.38. The van der Waals surface area contributed by atoms with Gasteiger partial charge in [-0.15, -0.1) is 0 Å². The summed E-state index contributed by atoms with van der Waals surface area (Å²) in [5, 5.41) is 0.979. The number of aliphatic imine (C=N–C) groups is 1. The number of nitrogens with zero attached hydrogens (tertiary/aromatic N) is 3. The van der Waals surface area contributed by atoms with Crippen LogP contribution in [0.3, 0.4) is 0 Å². The normalized spacial score (nSPS) is 10.9. The van der Waals surface area contributed by atoms with Gasteiger partial charge in [0.25, 0.3) is 0 Å². The predicted octanol–water partition coefficient (Wildman–Crippen LogP) is 9.31. The van der Waals surface area contributed by atoms with Crippen LogP contribution in [0.4, 0.5) is 9.52 Å². The summed E-state index contributed by atoms with van der Waals surface area (Å²) in [6.07, 6.45) is 8.69. The minimum atomic E-state index is -0.251. The Labute approximate surface area is 206 Å². The molecule has 0 aliphatic carbocycles. The van der Waals surface area contributed by atoms with Gasteiger partial charge in [0, 0.05) is 24.4 Å². The molecule has 1 aromatic heterocycles. The smallest absolute Gasteiger partial charge is 0.186 e. The van der Waals surface area contributed by atoms with E-state index in [0.29, 0.717) is 0 Å². The van der Waals surface area contributed by atoms with Crippen molar-refractivity contribution in [2.24, 2.45) is 4.99 Å². The molecule has 2 rings (SSSR count). The average Bonchev–Trinajstić information content (AvgIpc) is 3.25. The summed E-state index contributed by atoms with van der Waals surface area (Å²) in [5.74, 6) is -0.251. The van der Waals surface area contributed by atoms with E-state index < -0.39 is 0 Å². The fourth-order valence-electron chi connectivity index (χ4n) is 2.79. The van der Waals surface area contributed by atoms with E-state index in [2.05, 4.69) is 44.2 Å². The Morgan fingerprint density at radius 1 is 1.03 bits per heavy atom. The monoisotopic (exact) mass is 473 g/mol. The van der Waals surface area contributed by atoms with E-state index >= 15 is 0 Å². The van der Waals surface area contributed by atoms with Crippen LogP contribution in [-0.4, -0.2) is 23.8 Å². The number of rotatable bonds is 10. The standard InChI is InChI=1S/C22H28FN3S.C4H10.C2H6/c1-6-9-19(24-16(4)5)21-20(17-10-12-18(23)13-11-17)25-22(27-21)26(14-7-2)15-8-3;1-3-4-2;1-2/h6,9-13H,4,7-8,14-15H2,1-3,5H3;3-4H2,1-2H3;1-2H3/b9-6-,24-19?;;. The van der Waals surface area contributed by atoms with Crippen molar-refractivity contribution in [1.29, 1.82) is 0 Å². The minimum absolute atomic E-state index is 0.251. The van der Waals surface area contributed by atoms with Crippen LogP contribution in [0.25, 0.3) is 11.3 Å². The molecule has 0 aliphatic heterocycles. The molecular formula is C28H44FN3S. The van der Waals surface area contributed by atoms with Crippen molar-refractivity contribution < 1.29 is 4.39 Å². The van der Waals surface area contributed by atoms with Crippen molar-refractivity contribution in [2.45, 2.75) is 81.1 Å². The Morgan fingerprint density at radius 3 is 2.00 bits per heavy atom. The molecule has 1 heterocycles. The summed E-state index contributed by atoms with van der Waals surface area (Å²) < 4.78 is 13.4. The highest BCUT2D eigenvalue weighted by molar-refractivity contribution is 7.18. The first-order chi connectivity index (χ1) is 15.9. The highest BCUT2D eigenvalue weighted by Gasteiger charge is 2.20. The SMILES string of the molecule is C=C(C)N=C(/C=C\C)c1sc(N(CCC)CCC)nc1-c1ccc(F)cc1.CC.CCCC. The maximum atomic E-state index is 13.4. The first kappa shape index (κ1) is 30.7. The minimum Gasteiger partial charge on any atom is -0.348 e. The molecule has 0 amide bonds. The Bertz CT molecular complexity index is 843. The van der Waals surface area contributed by atoms with Crippen LogP contribution in [-0.2, 0) is 0 Å². The molecule has 0 unspecified atom stereocenters. The summed E-state index contributed by atoms with van der Waals surface area (Å²) in [6, 6.07) is 6.49. The molecule has 3 nitrogen and oxygen atoms in total. The zero-order valence-electron chi connectivity index (χ0n) is 22.0. The second-order valence-electron chi connectivity index (χ2n) is 7.40. The van der Waals surface area contributed by atoms with E-state index in [1.165, 1.54) is 25.0 Å². The van der Waals surface area contributed by atoms with E-state index in [1.54, 1.807) is 23.5 Å². The van der Waals surface area contributed by atoms with E-state index in [0.717, 1.165) is 58.6 Å². The zero-order valence-corrected chi connectivity index (χ0v) is 22.9. The second kappa shape index (κ2) is 18.2. The number of aromatic nitrogens is 1. The lowest BCUT2D eigenvalue weighted by atomic mass is 10.1. The quantitative estimate of drug-likeness (QED) is 0.322. The van der Waals surface area contributed by atoms with Gasteiger partial charge in [-0.3, -0.25) is 4.99 Å². The Hall–Kier alpha value is -2.27. The first-order valence-electron chi connectivity index (χ1n) is 12.3. The molecule has 0 saturated heterocycles. The Morgan fingerprint density at radius 2 is 1.58 bits per heavy atom. The summed E-state index contributed by atoms with van der Waals surface area (Å²) in [6.45, 7) is 22.4. The summed E-state index contributed by atoms with van der Waals surface area (Å²) in [4.78, 5) is 12.9. The van der Waals surface area contributed by atoms with E-state index in [1.807, 2.05) is 39.8 Å². The largest absolute Gasteiger partial charge is 0.348 e. The number of hydrogen-bond acceptors (Lipinski definition) is 4. The summed E-state index contributed by atoms with van der Waals surface area (Å²) in [7, 11) is 0. The van der Waals surface area contributed by atoms with Crippen molar-refractivity contribution >= 4 is 22.2 Å². The van der Waals surface area contributed by atoms with Crippen LogP contribution < -0.4 is 4.90 Å². The van der Waals surface area contributed by atoms with Gasteiger partial charge in [0.1, 0.15) is 5.82 Å². The molecule has 2 aromatic rings. The Kier molecular flexibility index (Phi) is 16.9. The van der Waals surface area contributed by atoms with Crippen molar-refractivity contribution in [3.05, 3.63) is 59.4 Å². The van der Waals surface area contributed by atoms with Crippen LogP contribution in [0.15, 0.2) is 53.7 Å². The molecule has 0 spiro atoms. The number of benzene rings is 1.